The molecule has 0 saturated heterocycles. The van der Waals surface area contributed by atoms with Crippen molar-refractivity contribution >= 4 is 5.91 Å². The van der Waals surface area contributed by atoms with Crippen LogP contribution in [0.3, 0.4) is 0 Å². The van der Waals surface area contributed by atoms with Gasteiger partial charge in [0.2, 0.25) is 5.91 Å². The minimum atomic E-state index is -0.254. The van der Waals surface area contributed by atoms with Crippen LogP contribution < -0.4 is 11.1 Å². The molecule has 1 atom stereocenters. The first-order valence-electron chi connectivity index (χ1n) is 7.29. The van der Waals surface area contributed by atoms with Crippen LogP contribution in [0, 0.1) is 0 Å². The molecule has 4 nitrogen and oxygen atoms in total. The number of likely N-dealkylation sites (N-methyl/N-ethyl adjacent to an activating group) is 1. The second-order valence-corrected chi connectivity index (χ2v) is 5.89. The Labute approximate surface area is 121 Å². The molecule has 1 saturated carbocycles. The van der Waals surface area contributed by atoms with Crippen LogP contribution >= 0.6 is 0 Å². The predicted octanol–water partition coefficient (Wildman–Crippen LogP) is 1.33. The first-order chi connectivity index (χ1) is 9.59. The largest absolute Gasteiger partial charge is 0.354 e. The third kappa shape index (κ3) is 3.02. The predicted molar refractivity (Wildman–Crippen MR) is 81.5 cm³/mol. The summed E-state index contributed by atoms with van der Waals surface area (Å²) >= 11 is 0. The molecule has 4 heteroatoms. The fraction of sp³-hybridized carbons (Fsp3) is 0.562. The van der Waals surface area contributed by atoms with Crippen molar-refractivity contribution in [3.63, 3.8) is 0 Å². The SMILES string of the molecule is CN(C)C1(CNC(=O)C(CN)c2ccccc2)CCC1. The van der Waals surface area contributed by atoms with Crippen LogP contribution in [0.2, 0.25) is 0 Å². The molecule has 0 aliphatic heterocycles. The lowest BCUT2D eigenvalue weighted by atomic mass is 9.75. The molecule has 3 N–H and O–H groups in total. The van der Waals surface area contributed by atoms with E-state index >= 15 is 0 Å². The molecule has 0 heterocycles. The lowest BCUT2D eigenvalue weighted by Crippen LogP contribution is -2.57. The van der Waals surface area contributed by atoms with E-state index in [-0.39, 0.29) is 17.4 Å². The van der Waals surface area contributed by atoms with Crippen molar-refractivity contribution in [3.05, 3.63) is 35.9 Å². The zero-order valence-electron chi connectivity index (χ0n) is 12.4. The van der Waals surface area contributed by atoms with Crippen LogP contribution in [0.25, 0.3) is 0 Å². The highest BCUT2D eigenvalue weighted by molar-refractivity contribution is 5.84. The fourth-order valence-electron chi connectivity index (χ4n) is 2.82. The number of rotatable bonds is 6. The van der Waals surface area contributed by atoms with Crippen LogP contribution in [0.1, 0.15) is 30.7 Å². The topological polar surface area (TPSA) is 58.4 Å². The fourth-order valence-corrected chi connectivity index (χ4v) is 2.82. The number of nitrogens with zero attached hydrogens (tertiary/aromatic N) is 1. The van der Waals surface area contributed by atoms with E-state index in [2.05, 4.69) is 24.3 Å². The summed E-state index contributed by atoms with van der Waals surface area (Å²) in [5.41, 5.74) is 6.91. The van der Waals surface area contributed by atoms with Crippen molar-refractivity contribution in [3.8, 4) is 0 Å². The van der Waals surface area contributed by atoms with Gasteiger partial charge in [-0.3, -0.25) is 4.79 Å². The van der Waals surface area contributed by atoms with E-state index < -0.39 is 0 Å². The van der Waals surface area contributed by atoms with E-state index in [9.17, 15) is 4.79 Å². The number of benzene rings is 1. The molecule has 110 valence electrons. The summed E-state index contributed by atoms with van der Waals surface area (Å²) in [4.78, 5) is 14.6. The Balaban J connectivity index is 1.97. The van der Waals surface area contributed by atoms with Gasteiger partial charge in [0.1, 0.15) is 0 Å². The van der Waals surface area contributed by atoms with Crippen LogP contribution in [0.4, 0.5) is 0 Å². The summed E-state index contributed by atoms with van der Waals surface area (Å²) in [6.07, 6.45) is 3.55. The van der Waals surface area contributed by atoms with E-state index in [0.717, 1.165) is 18.4 Å². The Morgan fingerprint density at radius 2 is 2.00 bits per heavy atom. The maximum atomic E-state index is 12.4. The van der Waals surface area contributed by atoms with Crippen LogP contribution in [-0.4, -0.2) is 43.5 Å². The molecule has 1 aliphatic rings. The monoisotopic (exact) mass is 275 g/mol. The quantitative estimate of drug-likeness (QED) is 0.823. The molecule has 1 unspecified atom stereocenters. The van der Waals surface area contributed by atoms with Crippen molar-refractivity contribution in [1.82, 2.24) is 10.2 Å². The van der Waals surface area contributed by atoms with Crippen molar-refractivity contribution in [2.75, 3.05) is 27.2 Å². The maximum absolute atomic E-state index is 12.4. The molecule has 0 radical (unpaired) electrons. The molecule has 1 aromatic carbocycles. The van der Waals surface area contributed by atoms with Gasteiger partial charge in [0, 0.05) is 18.6 Å². The molecule has 1 amide bonds. The van der Waals surface area contributed by atoms with Crippen molar-refractivity contribution in [1.29, 1.82) is 0 Å². The number of amides is 1. The molecule has 0 bridgehead atoms. The molecule has 1 fully saturated rings. The number of hydrogen-bond acceptors (Lipinski definition) is 3. The van der Waals surface area contributed by atoms with Gasteiger partial charge in [-0.1, -0.05) is 30.3 Å². The van der Waals surface area contributed by atoms with E-state index in [1.54, 1.807) is 0 Å². The van der Waals surface area contributed by atoms with Crippen molar-refractivity contribution in [2.24, 2.45) is 5.73 Å². The standard InChI is InChI=1S/C16H25N3O/c1-19(2)16(9-6-10-16)12-18-15(20)14(11-17)13-7-4-3-5-8-13/h3-5,7-8,14H,6,9-12,17H2,1-2H3,(H,18,20). The molecule has 1 aromatic rings. The maximum Gasteiger partial charge on any atom is 0.228 e. The van der Waals surface area contributed by atoms with Gasteiger partial charge in [-0.25, -0.2) is 0 Å². The zero-order chi connectivity index (χ0) is 14.6. The summed E-state index contributed by atoms with van der Waals surface area (Å²) < 4.78 is 0. The highest BCUT2D eigenvalue weighted by Crippen LogP contribution is 2.35. The Kier molecular flexibility index (Phi) is 4.78. The van der Waals surface area contributed by atoms with E-state index in [4.69, 9.17) is 5.73 Å². The first kappa shape index (κ1) is 15.0. The number of nitrogens with one attached hydrogen (secondary N) is 1. The Hall–Kier alpha value is -1.39. The van der Waals surface area contributed by atoms with Crippen LogP contribution in [0.15, 0.2) is 30.3 Å². The second-order valence-electron chi connectivity index (χ2n) is 5.89. The van der Waals surface area contributed by atoms with Gasteiger partial charge in [-0.15, -0.1) is 0 Å². The molecule has 2 rings (SSSR count). The smallest absolute Gasteiger partial charge is 0.228 e. The van der Waals surface area contributed by atoms with Gasteiger partial charge in [-0.2, -0.15) is 0 Å². The highest BCUT2D eigenvalue weighted by Gasteiger charge is 2.39. The van der Waals surface area contributed by atoms with Crippen molar-refractivity contribution in [2.45, 2.75) is 30.7 Å². The third-order valence-corrected chi connectivity index (χ3v) is 4.58. The normalized spacial score (nSPS) is 18.4. The molecule has 1 aliphatic carbocycles. The van der Waals surface area contributed by atoms with Gasteiger partial charge >= 0.3 is 0 Å². The van der Waals surface area contributed by atoms with Crippen molar-refractivity contribution < 1.29 is 4.79 Å². The lowest BCUT2D eigenvalue weighted by Gasteiger charge is -2.47. The summed E-state index contributed by atoms with van der Waals surface area (Å²) in [6, 6.07) is 9.76. The number of carbonyl (C=O) groups excluding carboxylic acids is 1. The van der Waals surface area contributed by atoms with E-state index in [0.29, 0.717) is 13.1 Å². The van der Waals surface area contributed by atoms with Gasteiger partial charge in [0.05, 0.1) is 5.92 Å². The number of carbonyl (C=O) groups is 1. The van der Waals surface area contributed by atoms with Gasteiger partial charge in [0.25, 0.3) is 0 Å². The van der Waals surface area contributed by atoms with Gasteiger partial charge in [-0.05, 0) is 38.9 Å². The number of nitrogens with two attached hydrogens (primary N) is 1. The zero-order valence-corrected chi connectivity index (χ0v) is 12.4. The Bertz CT molecular complexity index is 440. The molecule has 0 aromatic heterocycles. The molecule has 0 spiro atoms. The first-order valence-corrected chi connectivity index (χ1v) is 7.29. The van der Waals surface area contributed by atoms with Gasteiger partial charge < -0.3 is 16.0 Å². The second kappa shape index (κ2) is 6.37. The average Bonchev–Trinajstić information content (AvgIpc) is 2.39. The summed E-state index contributed by atoms with van der Waals surface area (Å²) in [6.45, 7) is 1.05. The molecular formula is C16H25N3O. The van der Waals surface area contributed by atoms with Gasteiger partial charge in [0.15, 0.2) is 0 Å². The van der Waals surface area contributed by atoms with Crippen LogP contribution in [0.5, 0.6) is 0 Å². The third-order valence-electron chi connectivity index (χ3n) is 4.58. The average molecular weight is 275 g/mol. The summed E-state index contributed by atoms with van der Waals surface area (Å²) in [5, 5.41) is 3.10. The Morgan fingerprint density at radius 1 is 1.35 bits per heavy atom. The van der Waals surface area contributed by atoms with E-state index in [1.807, 2.05) is 30.3 Å². The van der Waals surface area contributed by atoms with Crippen LogP contribution in [-0.2, 0) is 4.79 Å². The summed E-state index contributed by atoms with van der Waals surface area (Å²) in [7, 11) is 4.17. The minimum Gasteiger partial charge on any atom is -0.354 e. The molecule has 20 heavy (non-hydrogen) atoms. The number of hydrogen-bond donors (Lipinski definition) is 2. The minimum absolute atomic E-state index is 0.0341. The van der Waals surface area contributed by atoms with E-state index in [1.165, 1.54) is 6.42 Å². The molecular weight excluding hydrogens is 250 g/mol. The Morgan fingerprint density at radius 3 is 2.45 bits per heavy atom. The summed E-state index contributed by atoms with van der Waals surface area (Å²) in [5.74, 6) is -0.220. The lowest BCUT2D eigenvalue weighted by molar-refractivity contribution is -0.123. The highest BCUT2D eigenvalue weighted by atomic mass is 16.1.